The number of rotatable bonds is 12. The van der Waals surface area contributed by atoms with Crippen LogP contribution in [0.5, 0.6) is 5.88 Å². The lowest BCUT2D eigenvalue weighted by atomic mass is 10.1. The van der Waals surface area contributed by atoms with E-state index in [4.69, 9.17) is 19.9 Å². The van der Waals surface area contributed by atoms with Gasteiger partial charge in [-0.15, -0.1) is 0 Å². The maximum absolute atomic E-state index is 9.87. The molecule has 3 aromatic rings. The van der Waals surface area contributed by atoms with Crippen LogP contribution in [0.15, 0.2) is 36.7 Å². The highest BCUT2D eigenvalue weighted by Gasteiger charge is 2.20. The lowest BCUT2D eigenvalue weighted by molar-refractivity contribution is -0.148. The fourth-order valence-electron chi connectivity index (χ4n) is 3.21. The highest BCUT2D eigenvalue weighted by Crippen LogP contribution is 2.24. The van der Waals surface area contributed by atoms with Crippen molar-refractivity contribution in [3.63, 3.8) is 0 Å². The molecule has 0 radical (unpaired) electrons. The van der Waals surface area contributed by atoms with Gasteiger partial charge in [-0.1, -0.05) is 30.3 Å². The zero-order valence-electron chi connectivity index (χ0n) is 17.4. The number of nitrogens with zero attached hydrogens (tertiary/aromatic N) is 4. The largest absolute Gasteiger partial charge is 0.471 e. The van der Waals surface area contributed by atoms with Crippen LogP contribution in [0, 0.1) is 5.92 Å². The van der Waals surface area contributed by atoms with Gasteiger partial charge in [-0.2, -0.15) is 9.97 Å². The van der Waals surface area contributed by atoms with Crippen LogP contribution in [-0.4, -0.2) is 50.7 Å². The minimum Gasteiger partial charge on any atom is -0.471 e. The average Bonchev–Trinajstić information content (AvgIpc) is 3.15. The normalized spacial score (nSPS) is 12.5. The van der Waals surface area contributed by atoms with Crippen molar-refractivity contribution in [3.05, 3.63) is 42.2 Å². The number of ether oxygens (including phenoxy) is 3. The lowest BCUT2D eigenvalue weighted by Gasteiger charge is -2.22. The van der Waals surface area contributed by atoms with E-state index < -0.39 is 0 Å². The summed E-state index contributed by atoms with van der Waals surface area (Å²) < 4.78 is 18.9. The molecular weight excluding hydrogens is 386 g/mol. The van der Waals surface area contributed by atoms with Crippen LogP contribution in [0.25, 0.3) is 11.2 Å². The van der Waals surface area contributed by atoms with Gasteiger partial charge < -0.3 is 29.6 Å². The van der Waals surface area contributed by atoms with Gasteiger partial charge in [-0.3, -0.25) is 0 Å². The van der Waals surface area contributed by atoms with E-state index in [1.807, 2.05) is 48.7 Å². The Balaban J connectivity index is 1.77. The molecule has 0 aliphatic heterocycles. The maximum Gasteiger partial charge on any atom is 0.247 e. The van der Waals surface area contributed by atoms with Gasteiger partial charge in [-0.05, 0) is 19.4 Å². The summed E-state index contributed by atoms with van der Waals surface area (Å²) in [6.07, 6.45) is 1.85. The number of aromatic nitrogens is 4. The number of aliphatic hydroxyl groups excluding tert-OH is 1. The number of hydrogen-bond acceptors (Lipinski definition) is 8. The first-order valence-electron chi connectivity index (χ1n) is 10.1. The average molecular weight is 415 g/mol. The van der Waals surface area contributed by atoms with E-state index >= 15 is 0 Å². The molecule has 2 heterocycles. The van der Waals surface area contributed by atoms with E-state index in [9.17, 15) is 5.11 Å². The van der Waals surface area contributed by atoms with Crippen molar-refractivity contribution in [2.24, 2.45) is 5.92 Å². The minimum atomic E-state index is -0.364. The van der Waals surface area contributed by atoms with Crippen LogP contribution in [0.3, 0.4) is 0 Å². The van der Waals surface area contributed by atoms with E-state index in [0.29, 0.717) is 49.8 Å². The first-order valence-corrected chi connectivity index (χ1v) is 10.1. The zero-order valence-corrected chi connectivity index (χ0v) is 17.4. The summed E-state index contributed by atoms with van der Waals surface area (Å²) in [7, 11) is 0. The van der Waals surface area contributed by atoms with Crippen LogP contribution < -0.4 is 10.5 Å². The van der Waals surface area contributed by atoms with Gasteiger partial charge in [0.05, 0.1) is 6.33 Å². The molecule has 3 N–H and O–H groups in total. The molecule has 30 heavy (non-hydrogen) atoms. The predicted octanol–water partition coefficient (Wildman–Crippen LogP) is 2.39. The molecule has 0 aliphatic rings. The molecule has 162 valence electrons. The van der Waals surface area contributed by atoms with Crippen LogP contribution in [0.1, 0.15) is 25.8 Å². The van der Waals surface area contributed by atoms with Crippen molar-refractivity contribution >= 4 is 17.1 Å². The number of nitrogens with two attached hydrogens (primary N) is 1. The Hall–Kier alpha value is -2.75. The minimum absolute atomic E-state index is 0.0196. The first kappa shape index (κ1) is 21.9. The topological polar surface area (TPSA) is 118 Å². The summed E-state index contributed by atoms with van der Waals surface area (Å²) in [5, 5.41) is 9.87. The zero-order chi connectivity index (χ0) is 21.3. The van der Waals surface area contributed by atoms with Gasteiger partial charge in [0.2, 0.25) is 11.8 Å². The molecule has 0 saturated heterocycles. The van der Waals surface area contributed by atoms with Gasteiger partial charge in [-0.25, -0.2) is 4.98 Å². The highest BCUT2D eigenvalue weighted by molar-refractivity contribution is 5.77. The van der Waals surface area contributed by atoms with Crippen LogP contribution >= 0.6 is 0 Å². The van der Waals surface area contributed by atoms with Crippen molar-refractivity contribution in [2.45, 2.75) is 39.7 Å². The molecule has 1 atom stereocenters. The summed E-state index contributed by atoms with van der Waals surface area (Å²) in [4.78, 5) is 13.0. The first-order chi connectivity index (χ1) is 14.6. The Labute approximate surface area is 175 Å². The molecule has 0 fully saturated rings. The van der Waals surface area contributed by atoms with Crippen LogP contribution in [0.2, 0.25) is 0 Å². The van der Waals surface area contributed by atoms with Crippen LogP contribution in [0.4, 0.5) is 5.95 Å². The Morgan fingerprint density at radius 2 is 1.83 bits per heavy atom. The van der Waals surface area contributed by atoms with Gasteiger partial charge in [0.25, 0.3) is 0 Å². The Bertz CT molecular complexity index is 912. The second-order valence-electron chi connectivity index (χ2n) is 6.85. The molecule has 1 unspecified atom stereocenters. The third-order valence-corrected chi connectivity index (χ3v) is 4.61. The Kier molecular flexibility index (Phi) is 7.95. The van der Waals surface area contributed by atoms with E-state index in [0.717, 1.165) is 5.56 Å². The Morgan fingerprint density at radius 3 is 2.50 bits per heavy atom. The third-order valence-electron chi connectivity index (χ3n) is 4.61. The fourth-order valence-corrected chi connectivity index (χ4v) is 3.21. The predicted molar refractivity (Wildman–Crippen MR) is 113 cm³/mol. The number of hydrogen-bond donors (Lipinski definition) is 2. The number of nitrogen functional groups attached to an aromatic ring is 1. The number of benzene rings is 1. The van der Waals surface area contributed by atoms with Crippen LogP contribution in [-0.2, 0) is 22.6 Å². The summed E-state index contributed by atoms with van der Waals surface area (Å²) in [6, 6.07) is 9.79. The molecule has 2 aromatic heterocycles. The molecular formula is C21H29N5O4. The number of fused-ring (bicyclic) bond motifs is 1. The van der Waals surface area contributed by atoms with E-state index in [-0.39, 0.29) is 24.8 Å². The number of aliphatic hydroxyl groups is 1. The van der Waals surface area contributed by atoms with E-state index in [1.165, 1.54) is 0 Å². The summed E-state index contributed by atoms with van der Waals surface area (Å²) in [5.74, 6) is 0.340. The quantitative estimate of drug-likeness (QED) is 0.433. The second-order valence-corrected chi connectivity index (χ2v) is 6.85. The monoisotopic (exact) mass is 415 g/mol. The molecule has 0 saturated carbocycles. The molecule has 9 nitrogen and oxygen atoms in total. The van der Waals surface area contributed by atoms with Gasteiger partial charge in [0.1, 0.15) is 6.61 Å². The highest BCUT2D eigenvalue weighted by atomic mass is 16.7. The van der Waals surface area contributed by atoms with E-state index in [2.05, 4.69) is 15.0 Å². The summed E-state index contributed by atoms with van der Waals surface area (Å²) >= 11 is 0. The SMILES string of the molecule is CCOC(CC(CO)Cn1cnc2c(OCc3ccccc3)nc(N)nc21)OCC. The molecule has 9 heteroatoms. The lowest BCUT2D eigenvalue weighted by Crippen LogP contribution is -2.25. The van der Waals surface area contributed by atoms with Crippen molar-refractivity contribution in [2.75, 3.05) is 25.6 Å². The molecule has 0 amide bonds. The van der Waals surface area contributed by atoms with E-state index in [1.54, 1.807) is 6.33 Å². The second kappa shape index (κ2) is 10.9. The van der Waals surface area contributed by atoms with Gasteiger partial charge in [0.15, 0.2) is 17.5 Å². The number of anilines is 1. The number of imidazole rings is 1. The molecule has 0 spiro atoms. The third kappa shape index (κ3) is 5.65. The van der Waals surface area contributed by atoms with Crippen molar-refractivity contribution in [1.29, 1.82) is 0 Å². The van der Waals surface area contributed by atoms with Crippen molar-refractivity contribution < 1.29 is 19.3 Å². The standard InChI is InChI=1S/C21H29N5O4/c1-3-28-17(29-4-2)10-16(12-27)11-26-14-23-18-19(26)24-21(22)25-20(18)30-13-15-8-6-5-7-9-15/h5-9,14,16-17,27H,3-4,10-13H2,1-2H3,(H2,22,24,25). The van der Waals surface area contributed by atoms with Gasteiger partial charge in [0, 0.05) is 38.7 Å². The molecule has 3 rings (SSSR count). The molecule has 0 bridgehead atoms. The molecule has 0 aliphatic carbocycles. The smallest absolute Gasteiger partial charge is 0.247 e. The van der Waals surface area contributed by atoms with Gasteiger partial charge >= 0.3 is 0 Å². The summed E-state index contributed by atoms with van der Waals surface area (Å²) in [6.45, 7) is 5.74. The Morgan fingerprint density at radius 1 is 1.10 bits per heavy atom. The van der Waals surface area contributed by atoms with Crippen molar-refractivity contribution in [3.8, 4) is 5.88 Å². The fraction of sp³-hybridized carbons (Fsp3) is 0.476. The van der Waals surface area contributed by atoms with Crippen molar-refractivity contribution in [1.82, 2.24) is 19.5 Å². The summed E-state index contributed by atoms with van der Waals surface area (Å²) in [5.41, 5.74) is 8.02. The molecule has 1 aromatic carbocycles. The maximum atomic E-state index is 9.87.